The van der Waals surface area contributed by atoms with Crippen molar-refractivity contribution in [3.05, 3.63) is 84.8 Å². The van der Waals surface area contributed by atoms with Gasteiger partial charge in [0, 0.05) is 36.7 Å². The third-order valence-electron chi connectivity index (χ3n) is 5.94. The molecule has 1 aliphatic rings. The Morgan fingerprint density at radius 3 is 2.76 bits per heavy atom. The van der Waals surface area contributed by atoms with E-state index in [2.05, 4.69) is 25.3 Å². The molecule has 8 heteroatoms. The molecule has 1 saturated heterocycles. The van der Waals surface area contributed by atoms with Gasteiger partial charge in [-0.2, -0.15) is 4.98 Å². The summed E-state index contributed by atoms with van der Waals surface area (Å²) in [6, 6.07) is 17.9. The van der Waals surface area contributed by atoms with Crippen molar-refractivity contribution in [1.82, 2.24) is 29.9 Å². The van der Waals surface area contributed by atoms with Crippen LogP contribution in [0.15, 0.2) is 77.8 Å². The first-order chi connectivity index (χ1) is 16.2. The smallest absolute Gasteiger partial charge is 0.241 e. The second-order valence-corrected chi connectivity index (χ2v) is 8.31. The Kier molecular flexibility index (Phi) is 6.25. The van der Waals surface area contributed by atoms with Crippen LogP contribution in [0.25, 0.3) is 17.1 Å². The number of hydrogen-bond donors (Lipinski definition) is 1. The maximum Gasteiger partial charge on any atom is 0.241 e. The third-order valence-corrected chi connectivity index (χ3v) is 5.94. The van der Waals surface area contributed by atoms with Crippen LogP contribution in [0.2, 0.25) is 0 Å². The van der Waals surface area contributed by atoms with Crippen LogP contribution in [0, 0.1) is 5.92 Å². The van der Waals surface area contributed by atoms with E-state index in [1.165, 1.54) is 0 Å². The number of hydrogen-bond acceptors (Lipinski definition) is 6. The highest BCUT2D eigenvalue weighted by atomic mass is 16.5. The summed E-state index contributed by atoms with van der Waals surface area (Å²) in [4.78, 5) is 23.6. The second-order valence-electron chi connectivity index (χ2n) is 8.31. The summed E-state index contributed by atoms with van der Waals surface area (Å²) >= 11 is 0. The van der Waals surface area contributed by atoms with Crippen molar-refractivity contribution in [2.75, 3.05) is 13.1 Å². The van der Waals surface area contributed by atoms with Crippen LogP contribution >= 0.6 is 0 Å². The fraction of sp³-hybridized carbons (Fsp3) is 0.280. The van der Waals surface area contributed by atoms with E-state index in [0.717, 1.165) is 36.2 Å². The molecule has 8 nitrogen and oxygen atoms in total. The van der Waals surface area contributed by atoms with E-state index in [9.17, 15) is 4.79 Å². The minimum absolute atomic E-state index is 0.0412. The highest BCUT2D eigenvalue weighted by molar-refractivity contribution is 5.79. The van der Waals surface area contributed by atoms with E-state index in [1.54, 1.807) is 12.5 Å². The van der Waals surface area contributed by atoms with Crippen molar-refractivity contribution < 1.29 is 9.32 Å². The molecule has 4 aromatic rings. The van der Waals surface area contributed by atoms with Crippen LogP contribution in [0.3, 0.4) is 0 Å². The standard InChI is InChI=1S/C25H26N6O2/c32-25(27-15-19-8-10-22(11-9-19)31-14-12-26-18-31)21-7-4-13-30(16-21)17-23-28-24(29-33-23)20-5-2-1-3-6-20/h1-3,5-6,8-12,14,18,21H,4,7,13,15-17H2,(H,27,32). The summed E-state index contributed by atoms with van der Waals surface area (Å²) in [5.74, 6) is 1.22. The third kappa shape index (κ3) is 5.18. The van der Waals surface area contributed by atoms with Crippen LogP contribution in [-0.4, -0.2) is 43.6 Å². The molecule has 1 aliphatic heterocycles. The molecule has 1 atom stereocenters. The summed E-state index contributed by atoms with van der Waals surface area (Å²) in [6.45, 7) is 2.68. The van der Waals surface area contributed by atoms with Gasteiger partial charge in [-0.25, -0.2) is 4.98 Å². The molecule has 33 heavy (non-hydrogen) atoms. The molecule has 0 aliphatic carbocycles. The zero-order valence-electron chi connectivity index (χ0n) is 18.3. The predicted octanol–water partition coefficient (Wildman–Crippen LogP) is 3.45. The molecule has 2 aromatic carbocycles. The number of aromatic nitrogens is 4. The van der Waals surface area contributed by atoms with Crippen LogP contribution in [0.5, 0.6) is 0 Å². The zero-order chi connectivity index (χ0) is 22.5. The number of rotatable bonds is 7. The van der Waals surface area contributed by atoms with Gasteiger partial charge in [-0.1, -0.05) is 47.6 Å². The minimum atomic E-state index is -0.0412. The second kappa shape index (κ2) is 9.79. The largest absolute Gasteiger partial charge is 0.352 e. The SMILES string of the molecule is O=C(NCc1ccc(-n2ccnc2)cc1)C1CCCN(Cc2nc(-c3ccccc3)no2)C1. The number of amides is 1. The Morgan fingerprint density at radius 1 is 1.12 bits per heavy atom. The van der Waals surface area contributed by atoms with Crippen molar-refractivity contribution in [3.8, 4) is 17.1 Å². The van der Waals surface area contributed by atoms with E-state index in [1.807, 2.05) is 65.4 Å². The monoisotopic (exact) mass is 442 g/mol. The average Bonchev–Trinajstić information content (AvgIpc) is 3.56. The number of piperidine rings is 1. The Balaban J connectivity index is 1.13. The molecule has 168 valence electrons. The van der Waals surface area contributed by atoms with Gasteiger partial charge in [-0.05, 0) is 37.1 Å². The quantitative estimate of drug-likeness (QED) is 0.472. The van der Waals surface area contributed by atoms with Gasteiger partial charge in [-0.15, -0.1) is 0 Å². The molecular formula is C25H26N6O2. The number of imidazole rings is 1. The Bertz CT molecular complexity index is 1170. The lowest BCUT2D eigenvalue weighted by Crippen LogP contribution is -2.42. The number of nitrogens with zero attached hydrogens (tertiary/aromatic N) is 5. The molecular weight excluding hydrogens is 416 g/mol. The maximum absolute atomic E-state index is 12.8. The van der Waals surface area contributed by atoms with Crippen LogP contribution in [-0.2, 0) is 17.9 Å². The normalized spacial score (nSPS) is 16.5. The lowest BCUT2D eigenvalue weighted by Gasteiger charge is -2.30. The van der Waals surface area contributed by atoms with E-state index in [4.69, 9.17) is 4.52 Å². The first-order valence-electron chi connectivity index (χ1n) is 11.2. The lowest BCUT2D eigenvalue weighted by molar-refractivity contribution is -0.127. The first-order valence-corrected chi connectivity index (χ1v) is 11.2. The van der Waals surface area contributed by atoms with Crippen molar-refractivity contribution in [3.63, 3.8) is 0 Å². The fourth-order valence-electron chi connectivity index (χ4n) is 4.16. The van der Waals surface area contributed by atoms with Gasteiger partial charge in [0.15, 0.2) is 0 Å². The van der Waals surface area contributed by atoms with Crippen molar-refractivity contribution in [2.24, 2.45) is 5.92 Å². The van der Waals surface area contributed by atoms with Gasteiger partial charge in [0.05, 0.1) is 18.8 Å². The van der Waals surface area contributed by atoms with Crippen molar-refractivity contribution in [1.29, 1.82) is 0 Å². The highest BCUT2D eigenvalue weighted by Crippen LogP contribution is 2.20. The van der Waals surface area contributed by atoms with Gasteiger partial charge in [0.1, 0.15) is 0 Å². The molecule has 1 fully saturated rings. The Labute approximate surface area is 192 Å². The maximum atomic E-state index is 12.8. The zero-order valence-corrected chi connectivity index (χ0v) is 18.3. The van der Waals surface area contributed by atoms with Crippen molar-refractivity contribution >= 4 is 5.91 Å². The lowest BCUT2D eigenvalue weighted by atomic mass is 9.97. The molecule has 1 amide bonds. The number of benzene rings is 2. The van der Waals surface area contributed by atoms with Crippen molar-refractivity contribution in [2.45, 2.75) is 25.9 Å². The Hall–Kier alpha value is -3.78. The molecule has 5 rings (SSSR count). The van der Waals surface area contributed by atoms with Gasteiger partial charge in [0.25, 0.3) is 0 Å². The van der Waals surface area contributed by atoms with E-state index in [0.29, 0.717) is 31.3 Å². The summed E-state index contributed by atoms with van der Waals surface area (Å²) in [6.07, 6.45) is 7.28. The van der Waals surface area contributed by atoms with Crippen LogP contribution in [0.1, 0.15) is 24.3 Å². The molecule has 0 saturated carbocycles. The number of nitrogens with one attached hydrogen (secondary N) is 1. The molecule has 1 unspecified atom stereocenters. The molecule has 2 aromatic heterocycles. The van der Waals surface area contributed by atoms with E-state index < -0.39 is 0 Å². The number of carbonyl (C=O) groups excluding carboxylic acids is 1. The number of likely N-dealkylation sites (tertiary alicyclic amines) is 1. The predicted molar refractivity (Wildman–Crippen MR) is 123 cm³/mol. The van der Waals surface area contributed by atoms with E-state index in [-0.39, 0.29) is 11.8 Å². The average molecular weight is 443 g/mol. The summed E-state index contributed by atoms with van der Waals surface area (Å²) in [5.41, 5.74) is 3.04. The van der Waals surface area contributed by atoms with Gasteiger partial charge in [0.2, 0.25) is 17.6 Å². The molecule has 0 spiro atoms. The summed E-state index contributed by atoms with van der Waals surface area (Å²) in [7, 11) is 0. The Morgan fingerprint density at radius 2 is 1.97 bits per heavy atom. The molecule has 3 heterocycles. The van der Waals surface area contributed by atoms with Gasteiger partial charge >= 0.3 is 0 Å². The van der Waals surface area contributed by atoms with Gasteiger partial charge < -0.3 is 14.4 Å². The summed E-state index contributed by atoms with van der Waals surface area (Å²) < 4.78 is 7.40. The minimum Gasteiger partial charge on any atom is -0.352 e. The fourth-order valence-corrected chi connectivity index (χ4v) is 4.16. The van der Waals surface area contributed by atoms with E-state index >= 15 is 0 Å². The topological polar surface area (TPSA) is 89.1 Å². The molecule has 1 N–H and O–H groups in total. The molecule has 0 bridgehead atoms. The van der Waals surface area contributed by atoms with Crippen LogP contribution in [0.4, 0.5) is 0 Å². The van der Waals surface area contributed by atoms with Crippen LogP contribution < -0.4 is 5.32 Å². The first kappa shape index (κ1) is 21.1. The summed E-state index contributed by atoms with van der Waals surface area (Å²) in [5, 5.41) is 7.19. The number of carbonyl (C=O) groups is 1. The highest BCUT2D eigenvalue weighted by Gasteiger charge is 2.26. The molecule has 0 radical (unpaired) electrons. The van der Waals surface area contributed by atoms with Gasteiger partial charge in [-0.3, -0.25) is 9.69 Å².